The average molecular weight is 188 g/mol. The van der Waals surface area contributed by atoms with Gasteiger partial charge in [0.15, 0.2) is 0 Å². The van der Waals surface area contributed by atoms with E-state index in [1.807, 2.05) is 36.7 Å². The molecule has 0 atom stereocenters. The number of hydrogen-bond donors (Lipinski definition) is 1. The lowest BCUT2D eigenvalue weighted by molar-refractivity contribution is 0.472. The molecule has 0 aliphatic rings. The summed E-state index contributed by atoms with van der Waals surface area (Å²) in [6, 6.07) is 5.50. The van der Waals surface area contributed by atoms with Crippen LogP contribution >= 0.6 is 0 Å². The molecule has 0 aliphatic heterocycles. The Morgan fingerprint density at radius 3 is 2.71 bits per heavy atom. The summed E-state index contributed by atoms with van der Waals surface area (Å²) in [6.45, 7) is 3.91. The molecule has 2 rings (SSSR count). The molecule has 72 valence electrons. The number of benzene rings is 1. The van der Waals surface area contributed by atoms with Crippen molar-refractivity contribution in [1.82, 2.24) is 9.55 Å². The number of imidazole rings is 1. The van der Waals surface area contributed by atoms with Crippen molar-refractivity contribution in [3.05, 3.63) is 42.0 Å². The summed E-state index contributed by atoms with van der Waals surface area (Å²) in [5.74, 6) is 0.271. The molecular formula is C11H12N2O. The number of phenols is 1. The van der Waals surface area contributed by atoms with E-state index < -0.39 is 0 Å². The van der Waals surface area contributed by atoms with Crippen molar-refractivity contribution < 1.29 is 5.11 Å². The van der Waals surface area contributed by atoms with Crippen molar-refractivity contribution in [3.63, 3.8) is 0 Å². The summed E-state index contributed by atoms with van der Waals surface area (Å²) in [6.07, 6.45) is 3.58. The highest BCUT2D eigenvalue weighted by Crippen LogP contribution is 2.22. The number of phenolic OH excluding ortho intramolecular Hbond substituents is 1. The van der Waals surface area contributed by atoms with Crippen LogP contribution < -0.4 is 0 Å². The smallest absolute Gasteiger partial charge is 0.139 e. The summed E-state index contributed by atoms with van der Waals surface area (Å²) in [7, 11) is 0. The third-order valence-corrected chi connectivity index (χ3v) is 2.12. The van der Waals surface area contributed by atoms with E-state index >= 15 is 0 Å². The van der Waals surface area contributed by atoms with E-state index in [1.165, 1.54) is 0 Å². The second kappa shape index (κ2) is 3.18. The molecule has 2 aromatic rings. The quantitative estimate of drug-likeness (QED) is 0.745. The molecule has 0 fully saturated rings. The van der Waals surface area contributed by atoms with Gasteiger partial charge >= 0.3 is 0 Å². The fraction of sp³-hybridized carbons (Fsp3) is 0.182. The zero-order valence-corrected chi connectivity index (χ0v) is 8.23. The molecule has 0 unspecified atom stereocenters. The molecule has 0 saturated carbocycles. The lowest BCUT2D eigenvalue weighted by Gasteiger charge is -2.05. The van der Waals surface area contributed by atoms with Gasteiger partial charge in [0.05, 0.1) is 17.7 Å². The first-order valence-corrected chi connectivity index (χ1v) is 4.47. The zero-order chi connectivity index (χ0) is 10.1. The number of aromatic nitrogens is 2. The fourth-order valence-corrected chi connectivity index (χ4v) is 1.39. The maximum atomic E-state index is 9.65. The van der Waals surface area contributed by atoms with E-state index in [2.05, 4.69) is 4.98 Å². The van der Waals surface area contributed by atoms with Crippen molar-refractivity contribution >= 4 is 0 Å². The largest absolute Gasteiger partial charge is 0.506 e. The van der Waals surface area contributed by atoms with E-state index in [0.717, 1.165) is 16.9 Å². The molecule has 3 heteroatoms. The Kier molecular flexibility index (Phi) is 2.00. The topological polar surface area (TPSA) is 38.0 Å². The minimum atomic E-state index is 0.271. The lowest BCUT2D eigenvalue weighted by Crippen LogP contribution is -1.91. The molecule has 0 spiro atoms. The highest BCUT2D eigenvalue weighted by atomic mass is 16.3. The number of hydrogen-bond acceptors (Lipinski definition) is 2. The van der Waals surface area contributed by atoms with E-state index in [9.17, 15) is 5.11 Å². The fourth-order valence-electron chi connectivity index (χ4n) is 1.39. The third kappa shape index (κ3) is 1.48. The maximum Gasteiger partial charge on any atom is 0.139 e. The highest BCUT2D eigenvalue weighted by Gasteiger charge is 2.03. The second-order valence-corrected chi connectivity index (χ2v) is 3.41. The van der Waals surface area contributed by atoms with Crippen LogP contribution in [0.15, 0.2) is 30.7 Å². The average Bonchev–Trinajstić information content (AvgIpc) is 2.56. The molecule has 3 nitrogen and oxygen atoms in total. The van der Waals surface area contributed by atoms with Crippen LogP contribution in [0.25, 0.3) is 5.69 Å². The van der Waals surface area contributed by atoms with Gasteiger partial charge in [-0.3, -0.25) is 0 Å². The summed E-state index contributed by atoms with van der Waals surface area (Å²) in [5, 5.41) is 9.65. The molecule has 0 radical (unpaired) electrons. The van der Waals surface area contributed by atoms with Gasteiger partial charge in [-0.05, 0) is 31.5 Å². The molecule has 0 saturated heterocycles. The summed E-state index contributed by atoms with van der Waals surface area (Å²) in [5.41, 5.74) is 2.82. The van der Waals surface area contributed by atoms with Crippen LogP contribution in [0.4, 0.5) is 0 Å². The standard InChI is InChI=1S/C11H12N2O/c1-8-3-4-11(14)10(5-8)13-6-9(2)12-7-13/h3-7,14H,1-2H3. The number of aryl methyl sites for hydroxylation is 2. The van der Waals surface area contributed by atoms with Gasteiger partial charge < -0.3 is 9.67 Å². The van der Waals surface area contributed by atoms with Crippen LogP contribution in [-0.4, -0.2) is 14.7 Å². The Bertz CT molecular complexity index is 460. The minimum absolute atomic E-state index is 0.271. The van der Waals surface area contributed by atoms with Gasteiger partial charge in [-0.1, -0.05) is 6.07 Å². The number of nitrogens with zero attached hydrogens (tertiary/aromatic N) is 2. The molecular weight excluding hydrogens is 176 g/mol. The second-order valence-electron chi connectivity index (χ2n) is 3.41. The summed E-state index contributed by atoms with van der Waals surface area (Å²) >= 11 is 0. The van der Waals surface area contributed by atoms with Crippen molar-refractivity contribution in [3.8, 4) is 11.4 Å². The normalized spacial score (nSPS) is 10.4. The van der Waals surface area contributed by atoms with Gasteiger partial charge in [0, 0.05) is 6.20 Å². The van der Waals surface area contributed by atoms with Crippen LogP contribution in [-0.2, 0) is 0 Å². The van der Waals surface area contributed by atoms with E-state index in [0.29, 0.717) is 0 Å². The van der Waals surface area contributed by atoms with Crippen LogP contribution in [0, 0.1) is 13.8 Å². The SMILES string of the molecule is Cc1ccc(O)c(-n2cnc(C)c2)c1. The first-order valence-electron chi connectivity index (χ1n) is 4.47. The molecule has 0 aliphatic carbocycles. The van der Waals surface area contributed by atoms with Crippen LogP contribution in [0.1, 0.15) is 11.3 Å². The molecule has 1 N–H and O–H groups in total. The van der Waals surface area contributed by atoms with Crippen molar-refractivity contribution in [2.45, 2.75) is 13.8 Å². The zero-order valence-electron chi connectivity index (χ0n) is 8.23. The van der Waals surface area contributed by atoms with Gasteiger partial charge in [0.2, 0.25) is 0 Å². The summed E-state index contributed by atoms with van der Waals surface area (Å²) in [4.78, 5) is 4.12. The van der Waals surface area contributed by atoms with E-state index in [1.54, 1.807) is 12.4 Å². The predicted octanol–water partition coefficient (Wildman–Crippen LogP) is 2.19. The molecule has 1 aromatic heterocycles. The Labute approximate surface area is 82.7 Å². The van der Waals surface area contributed by atoms with Gasteiger partial charge in [0.25, 0.3) is 0 Å². The van der Waals surface area contributed by atoms with Gasteiger partial charge in [-0.15, -0.1) is 0 Å². The summed E-state index contributed by atoms with van der Waals surface area (Å²) < 4.78 is 1.82. The van der Waals surface area contributed by atoms with Crippen LogP contribution in [0.3, 0.4) is 0 Å². The molecule has 0 amide bonds. The molecule has 14 heavy (non-hydrogen) atoms. The van der Waals surface area contributed by atoms with E-state index in [-0.39, 0.29) is 5.75 Å². The lowest BCUT2D eigenvalue weighted by atomic mass is 10.2. The molecule has 0 bridgehead atoms. The van der Waals surface area contributed by atoms with Gasteiger partial charge in [-0.2, -0.15) is 0 Å². The van der Waals surface area contributed by atoms with Gasteiger partial charge in [-0.25, -0.2) is 4.98 Å². The van der Waals surface area contributed by atoms with Crippen molar-refractivity contribution in [1.29, 1.82) is 0 Å². The first kappa shape index (κ1) is 8.81. The number of rotatable bonds is 1. The highest BCUT2D eigenvalue weighted by molar-refractivity contribution is 5.48. The van der Waals surface area contributed by atoms with Crippen molar-refractivity contribution in [2.24, 2.45) is 0 Å². The Morgan fingerprint density at radius 2 is 2.07 bits per heavy atom. The third-order valence-electron chi connectivity index (χ3n) is 2.12. The van der Waals surface area contributed by atoms with Gasteiger partial charge in [0.1, 0.15) is 5.75 Å². The monoisotopic (exact) mass is 188 g/mol. The Balaban J connectivity index is 2.55. The van der Waals surface area contributed by atoms with E-state index in [4.69, 9.17) is 0 Å². The maximum absolute atomic E-state index is 9.65. The molecule has 1 aromatic carbocycles. The first-order chi connectivity index (χ1) is 6.66. The molecule has 1 heterocycles. The van der Waals surface area contributed by atoms with Crippen LogP contribution in [0.5, 0.6) is 5.75 Å². The van der Waals surface area contributed by atoms with Crippen molar-refractivity contribution in [2.75, 3.05) is 0 Å². The Morgan fingerprint density at radius 1 is 1.29 bits per heavy atom. The minimum Gasteiger partial charge on any atom is -0.506 e. The number of aromatic hydroxyl groups is 1. The Hall–Kier alpha value is -1.77. The van der Waals surface area contributed by atoms with Crippen LogP contribution in [0.2, 0.25) is 0 Å². The predicted molar refractivity (Wildman–Crippen MR) is 54.7 cm³/mol.